The van der Waals surface area contributed by atoms with E-state index in [1.807, 2.05) is 56.3 Å². The molecule has 3 aromatic rings. The van der Waals surface area contributed by atoms with Gasteiger partial charge in [0.15, 0.2) is 0 Å². The van der Waals surface area contributed by atoms with Crippen molar-refractivity contribution < 1.29 is 9.32 Å². The Kier molecular flexibility index (Phi) is 4.79. The maximum atomic E-state index is 11.2. The monoisotopic (exact) mass is 336 g/mol. The van der Waals surface area contributed by atoms with Crippen molar-refractivity contribution in [1.29, 1.82) is 0 Å². The van der Waals surface area contributed by atoms with Gasteiger partial charge in [-0.3, -0.25) is 4.79 Å². The van der Waals surface area contributed by atoms with Gasteiger partial charge in [0.2, 0.25) is 17.6 Å². The number of benzene rings is 2. The van der Waals surface area contributed by atoms with E-state index in [1.54, 1.807) is 0 Å². The molecule has 0 atom stereocenters. The predicted molar refractivity (Wildman–Crippen MR) is 97.3 cm³/mol. The summed E-state index contributed by atoms with van der Waals surface area (Å²) in [5.74, 6) is 0.973. The zero-order valence-electron chi connectivity index (χ0n) is 14.5. The molecule has 0 fully saturated rings. The highest BCUT2D eigenvalue weighted by atomic mass is 16.5. The first-order valence-electron chi connectivity index (χ1n) is 8.03. The van der Waals surface area contributed by atoms with Gasteiger partial charge in [-0.25, -0.2) is 0 Å². The van der Waals surface area contributed by atoms with E-state index < -0.39 is 0 Å². The van der Waals surface area contributed by atoms with Crippen molar-refractivity contribution in [3.05, 3.63) is 59.5 Å². The number of carbonyl (C=O) groups is 1. The van der Waals surface area contributed by atoms with Crippen LogP contribution in [-0.2, 0) is 11.3 Å². The first-order chi connectivity index (χ1) is 12.0. The van der Waals surface area contributed by atoms with Crippen LogP contribution in [0.1, 0.15) is 23.9 Å². The molecular formula is C19H20N4O2. The standard InChI is InChI=1S/C19H20N4O2/c1-12-7-9-15(10-8-12)19-22-18(25-23-19)11-20-16-5-4-6-17(13(16)2)21-14(3)24/h4-10,20H,11H2,1-3H3,(H,21,24). The molecule has 2 aromatic carbocycles. The molecule has 3 rings (SSSR count). The minimum absolute atomic E-state index is 0.0973. The van der Waals surface area contributed by atoms with Crippen molar-refractivity contribution in [3.63, 3.8) is 0 Å². The second-order valence-electron chi connectivity index (χ2n) is 5.89. The van der Waals surface area contributed by atoms with E-state index in [4.69, 9.17) is 4.52 Å². The summed E-state index contributed by atoms with van der Waals surface area (Å²) in [6.07, 6.45) is 0. The smallest absolute Gasteiger partial charge is 0.246 e. The van der Waals surface area contributed by atoms with Gasteiger partial charge in [0, 0.05) is 23.9 Å². The van der Waals surface area contributed by atoms with Gasteiger partial charge < -0.3 is 15.2 Å². The largest absolute Gasteiger partial charge is 0.376 e. The number of hydrogen-bond acceptors (Lipinski definition) is 5. The van der Waals surface area contributed by atoms with E-state index in [0.717, 1.165) is 22.5 Å². The highest BCUT2D eigenvalue weighted by molar-refractivity contribution is 5.90. The molecule has 0 aliphatic heterocycles. The summed E-state index contributed by atoms with van der Waals surface area (Å²) in [6, 6.07) is 13.7. The summed E-state index contributed by atoms with van der Waals surface area (Å²) in [4.78, 5) is 15.7. The Bertz CT molecular complexity index is 885. The molecule has 0 spiro atoms. The third-order valence-electron chi connectivity index (χ3n) is 3.85. The molecule has 0 saturated carbocycles. The minimum Gasteiger partial charge on any atom is -0.376 e. The summed E-state index contributed by atoms with van der Waals surface area (Å²) in [6.45, 7) is 5.87. The van der Waals surface area contributed by atoms with Crippen LogP contribution in [0.15, 0.2) is 47.0 Å². The molecule has 25 heavy (non-hydrogen) atoms. The number of hydrogen-bond donors (Lipinski definition) is 2. The normalized spacial score (nSPS) is 10.5. The molecule has 1 heterocycles. The molecule has 0 bridgehead atoms. The van der Waals surface area contributed by atoms with E-state index >= 15 is 0 Å². The van der Waals surface area contributed by atoms with Crippen molar-refractivity contribution >= 4 is 17.3 Å². The lowest BCUT2D eigenvalue weighted by Gasteiger charge is -2.12. The van der Waals surface area contributed by atoms with E-state index in [2.05, 4.69) is 20.8 Å². The van der Waals surface area contributed by atoms with Gasteiger partial charge >= 0.3 is 0 Å². The average molecular weight is 336 g/mol. The molecule has 1 amide bonds. The molecule has 2 N–H and O–H groups in total. The first-order valence-corrected chi connectivity index (χ1v) is 8.03. The molecular weight excluding hydrogens is 316 g/mol. The number of nitrogens with zero attached hydrogens (tertiary/aromatic N) is 2. The van der Waals surface area contributed by atoms with Gasteiger partial charge in [-0.1, -0.05) is 41.1 Å². The summed E-state index contributed by atoms with van der Waals surface area (Å²) in [7, 11) is 0. The number of amides is 1. The Morgan fingerprint density at radius 3 is 2.52 bits per heavy atom. The van der Waals surface area contributed by atoms with Gasteiger partial charge in [0.1, 0.15) is 0 Å². The lowest BCUT2D eigenvalue weighted by atomic mass is 10.1. The van der Waals surface area contributed by atoms with Crippen LogP contribution in [0, 0.1) is 13.8 Å². The van der Waals surface area contributed by atoms with Gasteiger partial charge in [-0.05, 0) is 31.5 Å². The predicted octanol–water partition coefficient (Wildman–Crippen LogP) is 3.92. The zero-order valence-corrected chi connectivity index (χ0v) is 14.5. The second-order valence-corrected chi connectivity index (χ2v) is 5.89. The van der Waals surface area contributed by atoms with Crippen LogP contribution in [0.5, 0.6) is 0 Å². The molecule has 6 heteroatoms. The third-order valence-corrected chi connectivity index (χ3v) is 3.85. The molecule has 0 aliphatic rings. The number of nitrogens with one attached hydrogen (secondary N) is 2. The van der Waals surface area contributed by atoms with Crippen molar-refractivity contribution in [2.45, 2.75) is 27.3 Å². The SMILES string of the molecule is CC(=O)Nc1cccc(NCc2nc(-c3ccc(C)cc3)no2)c1C. The fourth-order valence-electron chi connectivity index (χ4n) is 2.47. The second kappa shape index (κ2) is 7.17. The van der Waals surface area contributed by atoms with Crippen LogP contribution < -0.4 is 10.6 Å². The van der Waals surface area contributed by atoms with Crippen LogP contribution in [0.4, 0.5) is 11.4 Å². The summed E-state index contributed by atoms with van der Waals surface area (Å²) in [5, 5.41) is 10.1. The Morgan fingerprint density at radius 1 is 1.08 bits per heavy atom. The fourth-order valence-corrected chi connectivity index (χ4v) is 2.47. The van der Waals surface area contributed by atoms with Crippen molar-refractivity contribution in [2.75, 3.05) is 10.6 Å². The minimum atomic E-state index is -0.0973. The first kappa shape index (κ1) is 16.7. The lowest BCUT2D eigenvalue weighted by Crippen LogP contribution is -2.09. The van der Waals surface area contributed by atoms with E-state index in [9.17, 15) is 4.79 Å². The Morgan fingerprint density at radius 2 is 1.80 bits per heavy atom. The highest BCUT2D eigenvalue weighted by Gasteiger charge is 2.10. The van der Waals surface area contributed by atoms with Gasteiger partial charge in [-0.2, -0.15) is 4.98 Å². The maximum absolute atomic E-state index is 11.2. The van der Waals surface area contributed by atoms with Crippen molar-refractivity contribution in [2.24, 2.45) is 0 Å². The third kappa shape index (κ3) is 4.03. The van der Waals surface area contributed by atoms with Crippen molar-refractivity contribution in [1.82, 2.24) is 10.1 Å². The number of anilines is 2. The summed E-state index contributed by atoms with van der Waals surface area (Å²) < 4.78 is 5.31. The van der Waals surface area contributed by atoms with E-state index in [0.29, 0.717) is 18.3 Å². The van der Waals surface area contributed by atoms with Crippen LogP contribution in [0.2, 0.25) is 0 Å². The summed E-state index contributed by atoms with van der Waals surface area (Å²) in [5.41, 5.74) is 4.74. The topological polar surface area (TPSA) is 80.0 Å². The maximum Gasteiger partial charge on any atom is 0.246 e. The van der Waals surface area contributed by atoms with Crippen LogP contribution >= 0.6 is 0 Å². The van der Waals surface area contributed by atoms with Crippen molar-refractivity contribution in [3.8, 4) is 11.4 Å². The van der Waals surface area contributed by atoms with Gasteiger partial charge in [0.25, 0.3) is 0 Å². The van der Waals surface area contributed by atoms with Crippen LogP contribution in [-0.4, -0.2) is 16.0 Å². The highest BCUT2D eigenvalue weighted by Crippen LogP contribution is 2.24. The quantitative estimate of drug-likeness (QED) is 0.738. The number of aromatic nitrogens is 2. The van der Waals surface area contributed by atoms with E-state index in [1.165, 1.54) is 12.5 Å². The van der Waals surface area contributed by atoms with Crippen LogP contribution in [0.25, 0.3) is 11.4 Å². The summed E-state index contributed by atoms with van der Waals surface area (Å²) >= 11 is 0. The molecule has 0 aliphatic carbocycles. The fraction of sp³-hybridized carbons (Fsp3) is 0.211. The Hall–Kier alpha value is -3.15. The lowest BCUT2D eigenvalue weighted by molar-refractivity contribution is -0.114. The van der Waals surface area contributed by atoms with Gasteiger partial charge in [0.05, 0.1) is 6.54 Å². The molecule has 128 valence electrons. The van der Waals surface area contributed by atoms with E-state index in [-0.39, 0.29) is 5.91 Å². The molecule has 0 unspecified atom stereocenters. The molecule has 0 saturated heterocycles. The zero-order chi connectivity index (χ0) is 17.8. The molecule has 6 nitrogen and oxygen atoms in total. The number of carbonyl (C=O) groups excluding carboxylic acids is 1. The number of rotatable bonds is 5. The molecule has 1 aromatic heterocycles. The average Bonchev–Trinajstić information content (AvgIpc) is 3.05. The Labute approximate surface area is 146 Å². The molecule has 0 radical (unpaired) electrons. The Balaban J connectivity index is 1.70. The number of aryl methyl sites for hydroxylation is 1. The van der Waals surface area contributed by atoms with Crippen LogP contribution in [0.3, 0.4) is 0 Å². The van der Waals surface area contributed by atoms with Gasteiger partial charge in [-0.15, -0.1) is 0 Å².